The Labute approximate surface area is 243 Å². The van der Waals surface area contributed by atoms with Gasteiger partial charge in [0, 0.05) is 0 Å². The van der Waals surface area contributed by atoms with Crippen LogP contribution in [0.1, 0.15) is 42.6 Å². The summed E-state index contributed by atoms with van der Waals surface area (Å²) in [6.45, 7) is 1.63. The summed E-state index contributed by atoms with van der Waals surface area (Å²) in [5, 5.41) is 21.1. The average Bonchev–Trinajstić information content (AvgIpc) is 3.13. The number of halogens is 7. The third-order valence-electron chi connectivity index (χ3n) is 7.83. The second-order valence-electron chi connectivity index (χ2n) is 10.2. The first kappa shape index (κ1) is 29.7. The van der Waals surface area contributed by atoms with Gasteiger partial charge in [0.15, 0.2) is 11.5 Å². The number of carbonyl (C=O) groups is 2. The molecule has 2 saturated heterocycles. The van der Waals surface area contributed by atoms with Crippen LogP contribution in [0, 0.1) is 21.3 Å². The predicted molar refractivity (Wildman–Crippen MR) is 141 cm³/mol. The van der Waals surface area contributed by atoms with Crippen LogP contribution in [0.4, 0.5) is 32.0 Å². The SMILES string of the molecule is COc1cc([C@@H]2C[C@@H]3C(=C(C)C[C@@H]4C(=O)N(c5cc(C(F)(F)F)cc(C(F)(F)F)c5)C(=O)[C@@H]43)B(O)O2)cc(I)c1O. The van der Waals surface area contributed by atoms with Gasteiger partial charge in [-0.05, 0) is 89.6 Å². The fourth-order valence-electron chi connectivity index (χ4n) is 6.03. The average molecular weight is 695 g/mol. The van der Waals surface area contributed by atoms with E-state index in [9.17, 15) is 46.1 Å². The summed E-state index contributed by atoms with van der Waals surface area (Å²) in [6.07, 6.45) is -11.1. The van der Waals surface area contributed by atoms with Crippen molar-refractivity contribution in [1.82, 2.24) is 0 Å². The molecule has 2 N–H and O–H groups in total. The van der Waals surface area contributed by atoms with E-state index in [1.807, 2.05) is 22.6 Å². The van der Waals surface area contributed by atoms with Crippen LogP contribution in [-0.4, -0.2) is 36.2 Å². The van der Waals surface area contributed by atoms with E-state index in [1.165, 1.54) is 13.2 Å². The lowest BCUT2D eigenvalue weighted by Gasteiger charge is -2.41. The number of phenolic OH excluding ortho intramolecular Hbond substituents is 1. The van der Waals surface area contributed by atoms with Gasteiger partial charge < -0.3 is 19.5 Å². The highest BCUT2D eigenvalue weighted by Gasteiger charge is 2.58. The number of fused-ring (bicyclic) bond motifs is 3. The van der Waals surface area contributed by atoms with Crippen molar-refractivity contribution < 1.29 is 55.5 Å². The lowest BCUT2D eigenvalue weighted by molar-refractivity contribution is -0.143. The van der Waals surface area contributed by atoms with Gasteiger partial charge in [-0.3, -0.25) is 9.59 Å². The number of alkyl halides is 6. The van der Waals surface area contributed by atoms with E-state index in [0.717, 1.165) is 0 Å². The first-order valence-corrected chi connectivity index (χ1v) is 13.4. The fourth-order valence-corrected chi connectivity index (χ4v) is 6.65. The quantitative estimate of drug-likeness (QED) is 0.186. The number of rotatable bonds is 3. The van der Waals surface area contributed by atoms with E-state index in [2.05, 4.69) is 0 Å². The Morgan fingerprint density at radius 3 is 2.17 bits per heavy atom. The van der Waals surface area contributed by atoms with Crippen molar-refractivity contribution in [3.8, 4) is 11.5 Å². The topological polar surface area (TPSA) is 96.3 Å². The minimum atomic E-state index is -5.17. The maximum atomic E-state index is 13.7. The van der Waals surface area contributed by atoms with Gasteiger partial charge in [0.2, 0.25) is 11.8 Å². The summed E-state index contributed by atoms with van der Waals surface area (Å²) in [5.41, 5.74) is -2.73. The smallest absolute Gasteiger partial charge is 0.487 e. The van der Waals surface area contributed by atoms with Crippen LogP contribution < -0.4 is 9.64 Å². The molecule has 0 saturated carbocycles. The number of aromatic hydroxyl groups is 1. The number of amides is 2. The molecular formula is C26H21BF6INO6. The number of hydrogen-bond acceptors (Lipinski definition) is 6. The van der Waals surface area contributed by atoms with Gasteiger partial charge in [0.25, 0.3) is 0 Å². The van der Waals surface area contributed by atoms with Gasteiger partial charge >= 0.3 is 19.5 Å². The van der Waals surface area contributed by atoms with Gasteiger partial charge in [-0.1, -0.05) is 5.57 Å². The van der Waals surface area contributed by atoms with Crippen molar-refractivity contribution in [2.24, 2.45) is 17.8 Å². The predicted octanol–water partition coefficient (Wildman–Crippen LogP) is 5.67. The van der Waals surface area contributed by atoms with Crippen molar-refractivity contribution >= 4 is 47.2 Å². The summed E-state index contributed by atoms with van der Waals surface area (Å²) in [4.78, 5) is 27.6. The monoisotopic (exact) mass is 695 g/mol. The van der Waals surface area contributed by atoms with E-state index < -0.39 is 72.0 Å². The molecule has 0 bridgehead atoms. The van der Waals surface area contributed by atoms with Crippen molar-refractivity contribution in [1.29, 1.82) is 0 Å². The number of hydrogen-bond donors (Lipinski definition) is 2. The highest BCUT2D eigenvalue weighted by atomic mass is 127. The molecule has 15 heteroatoms. The van der Waals surface area contributed by atoms with E-state index in [-0.39, 0.29) is 30.4 Å². The molecule has 0 unspecified atom stereocenters. The first-order chi connectivity index (χ1) is 19.0. The van der Waals surface area contributed by atoms with E-state index in [0.29, 0.717) is 37.2 Å². The highest BCUT2D eigenvalue weighted by Crippen LogP contribution is 2.53. The van der Waals surface area contributed by atoms with Crippen molar-refractivity contribution in [3.63, 3.8) is 0 Å². The molecule has 0 spiro atoms. The van der Waals surface area contributed by atoms with E-state index in [1.54, 1.807) is 13.0 Å². The number of methoxy groups -OCH3 is 1. The Hall–Kier alpha value is -2.79. The summed E-state index contributed by atoms with van der Waals surface area (Å²) in [6, 6.07) is 3.72. The number of carbonyl (C=O) groups excluding carboxylic acids is 2. The fraction of sp³-hybridized carbons (Fsp3) is 0.385. The Kier molecular flexibility index (Phi) is 7.38. The van der Waals surface area contributed by atoms with Gasteiger partial charge in [-0.15, -0.1) is 0 Å². The molecule has 2 heterocycles. The van der Waals surface area contributed by atoms with Gasteiger partial charge in [0.1, 0.15) is 0 Å². The van der Waals surface area contributed by atoms with Crippen LogP contribution in [0.2, 0.25) is 0 Å². The maximum absolute atomic E-state index is 13.7. The number of phenols is 1. The zero-order chi connectivity index (χ0) is 30.2. The van der Waals surface area contributed by atoms with Crippen molar-refractivity contribution in [3.05, 3.63) is 61.6 Å². The van der Waals surface area contributed by atoms with Gasteiger partial charge in [-0.2, -0.15) is 26.3 Å². The standard InChI is InChI=1S/C26H21BF6INO6/c1-10-3-16-20(15-9-18(41-27(39)21(10)15)11-4-17(34)22(36)19(5-11)40-2)24(38)35(23(16)37)14-7-12(25(28,29)30)6-13(8-14)26(31,32)33/h4-8,15-16,18,20,36,39H,3,9H2,1-2H3/t15-,16-,18-,20+/m0/s1. The summed E-state index contributed by atoms with van der Waals surface area (Å²) in [5.74, 6) is -4.85. The van der Waals surface area contributed by atoms with Crippen LogP contribution in [0.3, 0.4) is 0 Å². The molecule has 0 radical (unpaired) electrons. The van der Waals surface area contributed by atoms with Gasteiger partial charge in [0.05, 0.1) is 45.4 Å². The first-order valence-electron chi connectivity index (χ1n) is 12.3. The highest BCUT2D eigenvalue weighted by molar-refractivity contribution is 14.1. The molecule has 41 heavy (non-hydrogen) atoms. The number of ether oxygens (including phenoxy) is 1. The number of imide groups is 1. The van der Waals surface area contributed by atoms with Crippen LogP contribution in [0.15, 0.2) is 41.4 Å². The lowest BCUT2D eigenvalue weighted by Crippen LogP contribution is -2.44. The van der Waals surface area contributed by atoms with Crippen LogP contribution in [0.25, 0.3) is 0 Å². The normalized spacial score (nSPS) is 25.0. The summed E-state index contributed by atoms with van der Waals surface area (Å²) in [7, 11) is -0.143. The molecule has 3 aliphatic rings. The Morgan fingerprint density at radius 2 is 1.61 bits per heavy atom. The molecular weight excluding hydrogens is 674 g/mol. The molecule has 2 fully saturated rings. The molecule has 0 aromatic heterocycles. The molecule has 1 aliphatic carbocycles. The van der Waals surface area contributed by atoms with E-state index in [4.69, 9.17) is 9.39 Å². The van der Waals surface area contributed by atoms with Crippen LogP contribution in [0.5, 0.6) is 11.5 Å². The zero-order valence-electron chi connectivity index (χ0n) is 21.3. The number of allylic oxidation sites excluding steroid dienone is 2. The van der Waals surface area contributed by atoms with E-state index >= 15 is 0 Å². The Morgan fingerprint density at radius 1 is 1.00 bits per heavy atom. The number of anilines is 1. The minimum Gasteiger partial charge on any atom is -0.504 e. The summed E-state index contributed by atoms with van der Waals surface area (Å²) < 4.78 is 92.5. The number of nitrogens with zero attached hydrogens (tertiary/aromatic N) is 1. The molecule has 7 nitrogen and oxygen atoms in total. The lowest BCUT2D eigenvalue weighted by atomic mass is 9.55. The molecule has 4 atom stereocenters. The molecule has 218 valence electrons. The second-order valence-corrected chi connectivity index (χ2v) is 11.4. The molecule has 2 aromatic rings. The molecule has 2 amide bonds. The second kappa shape index (κ2) is 10.2. The molecule has 2 aromatic carbocycles. The number of benzene rings is 2. The van der Waals surface area contributed by atoms with Gasteiger partial charge in [-0.25, -0.2) is 4.90 Å². The van der Waals surface area contributed by atoms with Crippen molar-refractivity contribution in [2.75, 3.05) is 12.0 Å². The summed E-state index contributed by atoms with van der Waals surface area (Å²) >= 11 is 1.87. The molecule has 5 rings (SSSR count). The van der Waals surface area contributed by atoms with Crippen LogP contribution >= 0.6 is 22.6 Å². The molecule has 2 aliphatic heterocycles. The Balaban J connectivity index is 1.56. The third kappa shape index (κ3) is 5.09. The third-order valence-corrected chi connectivity index (χ3v) is 8.65. The van der Waals surface area contributed by atoms with Crippen molar-refractivity contribution in [2.45, 2.75) is 38.2 Å². The largest absolute Gasteiger partial charge is 0.504 e. The maximum Gasteiger partial charge on any atom is 0.487 e. The Bertz CT molecular complexity index is 1450. The van der Waals surface area contributed by atoms with Crippen LogP contribution in [-0.2, 0) is 26.6 Å². The zero-order valence-corrected chi connectivity index (χ0v) is 23.5. The minimum absolute atomic E-state index is 0.0291.